The molecule has 2 saturated heterocycles. The number of ether oxygens (including phenoxy) is 6. The van der Waals surface area contributed by atoms with Crippen molar-refractivity contribution in [2.75, 3.05) is 27.9 Å². The highest BCUT2D eigenvalue weighted by Crippen LogP contribution is 2.37. The van der Waals surface area contributed by atoms with Crippen molar-refractivity contribution < 1.29 is 52.9 Å². The first-order chi connectivity index (χ1) is 14.8. The van der Waals surface area contributed by atoms with E-state index in [9.17, 15) is 4.79 Å². The molecule has 0 saturated carbocycles. The Balaban J connectivity index is 2.19. The summed E-state index contributed by atoms with van der Waals surface area (Å²) in [6, 6.07) is 0. The Labute approximate surface area is 185 Å². The van der Waals surface area contributed by atoms with E-state index < -0.39 is 24.5 Å². The summed E-state index contributed by atoms with van der Waals surface area (Å²) in [5.41, 5.74) is 0. The Kier molecular flexibility index (Phi) is 11.0. The van der Waals surface area contributed by atoms with E-state index in [0.717, 1.165) is 0 Å². The Morgan fingerprint density at radius 1 is 0.871 bits per heavy atom. The van der Waals surface area contributed by atoms with Crippen LogP contribution >= 0.6 is 9.47 Å². The first-order valence-electron chi connectivity index (χ1n) is 10.2. The molecular weight excluding hydrogens is 435 g/mol. The van der Waals surface area contributed by atoms with Gasteiger partial charge in [0.2, 0.25) is 0 Å². The van der Waals surface area contributed by atoms with Gasteiger partial charge in [-0.15, -0.1) is 0 Å². The summed E-state index contributed by atoms with van der Waals surface area (Å²) in [5.74, 6) is -1.02. The van der Waals surface area contributed by atoms with Crippen molar-refractivity contribution in [1.29, 1.82) is 0 Å². The van der Waals surface area contributed by atoms with Crippen LogP contribution in [0.1, 0.15) is 27.7 Å². The van der Waals surface area contributed by atoms with Gasteiger partial charge in [0.1, 0.15) is 12.2 Å². The van der Waals surface area contributed by atoms with Gasteiger partial charge in [0.25, 0.3) is 0 Å². The van der Waals surface area contributed by atoms with Gasteiger partial charge in [0.05, 0.1) is 24.9 Å². The van der Waals surface area contributed by atoms with Crippen molar-refractivity contribution in [2.24, 2.45) is 17.8 Å². The summed E-state index contributed by atoms with van der Waals surface area (Å²) in [5, 5.41) is 8.32. The van der Waals surface area contributed by atoms with Crippen molar-refractivity contribution in [2.45, 2.75) is 70.6 Å². The molecule has 2 aliphatic heterocycles. The predicted molar refractivity (Wildman–Crippen MR) is 108 cm³/mol. The third-order valence-electron chi connectivity index (χ3n) is 6.28. The Hall–Kier alpha value is -0.460. The molecule has 0 radical (unpaired) electrons. The topological polar surface area (TPSA) is 109 Å². The van der Waals surface area contributed by atoms with Gasteiger partial charge in [-0.3, -0.25) is 4.89 Å². The van der Waals surface area contributed by atoms with Gasteiger partial charge in [0, 0.05) is 47.7 Å². The minimum atomic E-state index is -1.10. The summed E-state index contributed by atoms with van der Waals surface area (Å²) in [6.45, 7) is 8.31. The highest BCUT2D eigenvalue weighted by atomic mass is 31.0. The number of hydrogen-bond acceptors (Lipinski definition) is 11. The van der Waals surface area contributed by atoms with Gasteiger partial charge in [0.15, 0.2) is 12.4 Å². The molecule has 182 valence electrons. The Morgan fingerprint density at radius 3 is 2.13 bits per heavy atom. The SMILES string of the molecule is COCC1O[C@@H](C)[C@@H](C)C(O[C@@H]2O[C@@H](C(=O)OOOOP)[C@@H](OC)C(C)C2C)[C@H]1OC. The smallest absolute Gasteiger partial charge is 0.377 e. The largest absolute Gasteiger partial charge is 0.382 e. The molecule has 0 aromatic rings. The highest BCUT2D eigenvalue weighted by molar-refractivity contribution is 7.09. The van der Waals surface area contributed by atoms with Crippen molar-refractivity contribution in [3.63, 3.8) is 0 Å². The van der Waals surface area contributed by atoms with Crippen LogP contribution < -0.4 is 0 Å². The van der Waals surface area contributed by atoms with Gasteiger partial charge in [-0.2, -0.15) is 4.67 Å². The zero-order chi connectivity index (χ0) is 23.1. The first-order valence-corrected chi connectivity index (χ1v) is 10.7. The Bertz CT molecular complexity index is 553. The lowest BCUT2D eigenvalue weighted by Gasteiger charge is -2.48. The molecule has 0 N–H and O–H groups in total. The maximum Gasteiger partial charge on any atom is 0.377 e. The quantitative estimate of drug-likeness (QED) is 0.201. The second-order valence-electron chi connectivity index (χ2n) is 7.97. The number of carbonyl (C=O) groups excluding carboxylic acids is 1. The summed E-state index contributed by atoms with van der Waals surface area (Å²) in [7, 11) is 6.49. The van der Waals surface area contributed by atoms with Crippen LogP contribution in [0, 0.1) is 17.8 Å². The number of hydrogen-bond donors (Lipinski definition) is 0. The van der Waals surface area contributed by atoms with Gasteiger partial charge in [-0.25, -0.2) is 4.79 Å². The molecule has 31 heavy (non-hydrogen) atoms. The zero-order valence-electron chi connectivity index (χ0n) is 19.0. The van der Waals surface area contributed by atoms with Gasteiger partial charge >= 0.3 is 5.97 Å². The van der Waals surface area contributed by atoms with Crippen molar-refractivity contribution in [1.82, 2.24) is 0 Å². The second kappa shape index (κ2) is 12.7. The summed E-state index contributed by atoms with van der Waals surface area (Å²) >= 11 is 0. The minimum absolute atomic E-state index is 0.00523. The predicted octanol–water partition coefficient (Wildman–Crippen LogP) is 1.60. The van der Waals surface area contributed by atoms with Gasteiger partial charge in [-0.05, 0) is 17.9 Å². The minimum Gasteiger partial charge on any atom is -0.382 e. The highest BCUT2D eigenvalue weighted by Gasteiger charge is 2.50. The Morgan fingerprint density at radius 2 is 1.55 bits per heavy atom. The molecule has 2 rings (SSSR count). The molecule has 11 nitrogen and oxygen atoms in total. The van der Waals surface area contributed by atoms with E-state index in [1.807, 2.05) is 27.7 Å². The van der Waals surface area contributed by atoms with Crippen molar-refractivity contribution in [3.8, 4) is 0 Å². The normalized spacial score (nSPS) is 41.2. The van der Waals surface area contributed by atoms with Crippen LogP contribution in [-0.2, 0) is 52.9 Å². The molecular formula is C19H35O11P. The van der Waals surface area contributed by atoms with Crippen LogP contribution in [-0.4, -0.2) is 76.8 Å². The third kappa shape index (κ3) is 6.32. The molecule has 0 spiro atoms. The van der Waals surface area contributed by atoms with Crippen molar-refractivity contribution >= 4 is 15.4 Å². The average Bonchev–Trinajstić information content (AvgIpc) is 2.75. The van der Waals surface area contributed by atoms with Crippen LogP contribution in [0.5, 0.6) is 0 Å². The van der Waals surface area contributed by atoms with E-state index in [-0.39, 0.29) is 42.2 Å². The summed E-state index contributed by atoms with van der Waals surface area (Å²) in [6.07, 6.45) is -3.51. The lowest BCUT2D eigenvalue weighted by atomic mass is 9.83. The van der Waals surface area contributed by atoms with E-state index in [2.05, 4.69) is 19.6 Å². The van der Waals surface area contributed by atoms with E-state index in [1.165, 1.54) is 7.11 Å². The molecule has 2 fully saturated rings. The van der Waals surface area contributed by atoms with E-state index in [4.69, 9.17) is 28.4 Å². The van der Waals surface area contributed by atoms with E-state index in [1.54, 1.807) is 23.7 Å². The summed E-state index contributed by atoms with van der Waals surface area (Å²) < 4.78 is 39.2. The third-order valence-corrected chi connectivity index (χ3v) is 6.35. The molecule has 0 aromatic carbocycles. The lowest BCUT2D eigenvalue weighted by molar-refractivity contribution is -0.587. The summed E-state index contributed by atoms with van der Waals surface area (Å²) in [4.78, 5) is 17.1. The molecule has 2 aliphatic rings. The molecule has 5 unspecified atom stereocenters. The second-order valence-corrected chi connectivity index (χ2v) is 8.17. The van der Waals surface area contributed by atoms with Crippen molar-refractivity contribution in [3.05, 3.63) is 0 Å². The fourth-order valence-corrected chi connectivity index (χ4v) is 4.19. The molecule has 2 heterocycles. The molecule has 0 aromatic heterocycles. The monoisotopic (exact) mass is 470 g/mol. The van der Waals surface area contributed by atoms with Crippen LogP contribution in [0.15, 0.2) is 0 Å². The number of methoxy groups -OCH3 is 3. The molecule has 0 amide bonds. The van der Waals surface area contributed by atoms with Crippen LogP contribution in [0.4, 0.5) is 0 Å². The maximum absolute atomic E-state index is 12.5. The van der Waals surface area contributed by atoms with Crippen LogP contribution in [0.25, 0.3) is 0 Å². The number of rotatable bonds is 10. The number of carbonyl (C=O) groups is 1. The molecule has 12 heteroatoms. The lowest BCUT2D eigenvalue weighted by Crippen LogP contribution is -2.60. The maximum atomic E-state index is 12.5. The molecule has 0 aliphatic carbocycles. The zero-order valence-corrected chi connectivity index (χ0v) is 20.2. The molecule has 11 atom stereocenters. The average molecular weight is 470 g/mol. The van der Waals surface area contributed by atoms with Gasteiger partial charge < -0.3 is 28.4 Å². The van der Waals surface area contributed by atoms with Crippen LogP contribution in [0.3, 0.4) is 0 Å². The van der Waals surface area contributed by atoms with Gasteiger partial charge in [-0.1, -0.05) is 20.8 Å². The fourth-order valence-electron chi connectivity index (χ4n) is 4.16. The van der Waals surface area contributed by atoms with Crippen LogP contribution in [0.2, 0.25) is 0 Å². The fraction of sp³-hybridized carbons (Fsp3) is 0.947. The van der Waals surface area contributed by atoms with E-state index >= 15 is 0 Å². The molecule has 0 bridgehead atoms. The first kappa shape index (κ1) is 26.8. The van der Waals surface area contributed by atoms with E-state index in [0.29, 0.717) is 6.61 Å². The standard InChI is InChI=1S/C19H35O11P/c1-9-10(2)19(26-17(14(9)22-6)18(20)27-28-29-30-31)25-15-11(3)12(4)24-13(8-21-5)16(15)23-7/h9-17,19H,8,31H2,1-7H3/t9?,10?,11-,12+,13?,14+,15?,16+,17-,19-/m1/s1.